The Balaban J connectivity index is 1.53. The Hall–Kier alpha value is -3.93. The molecular weight excluding hydrogens is 374 g/mol. The largest absolute Gasteiger partial charge is 0.340 e. The maximum absolute atomic E-state index is 12.5. The highest BCUT2D eigenvalue weighted by molar-refractivity contribution is 6.02. The Labute approximate surface area is 175 Å². The lowest BCUT2D eigenvalue weighted by Gasteiger charge is -2.14. The Morgan fingerprint density at radius 3 is 2.27 bits per heavy atom. The minimum absolute atomic E-state index is 0.291. The summed E-state index contributed by atoms with van der Waals surface area (Å²) in [7, 11) is 0. The second-order valence-corrected chi connectivity index (χ2v) is 7.30. The molecule has 6 nitrogen and oxygen atoms in total. The van der Waals surface area contributed by atoms with Crippen LogP contribution in [0.5, 0.6) is 0 Å². The first-order valence-corrected chi connectivity index (χ1v) is 9.72. The van der Waals surface area contributed by atoms with E-state index < -0.39 is 0 Å². The van der Waals surface area contributed by atoms with Crippen LogP contribution in [-0.4, -0.2) is 16.0 Å². The van der Waals surface area contributed by atoms with Crippen LogP contribution in [0, 0.1) is 20.8 Å². The molecule has 6 heteroatoms. The van der Waals surface area contributed by atoms with Crippen LogP contribution in [0.1, 0.15) is 16.7 Å². The van der Waals surface area contributed by atoms with Crippen LogP contribution in [0.3, 0.4) is 0 Å². The number of carbonyl (C=O) groups excluding carboxylic acids is 1. The minimum Gasteiger partial charge on any atom is -0.340 e. The van der Waals surface area contributed by atoms with E-state index >= 15 is 0 Å². The molecule has 3 N–H and O–H groups in total. The number of hydrogen-bond donors (Lipinski definition) is 3. The molecule has 1 aromatic heterocycles. The predicted molar refractivity (Wildman–Crippen MR) is 123 cm³/mol. The number of hydrogen-bond acceptors (Lipinski definition) is 4. The monoisotopic (exact) mass is 397 g/mol. The minimum atomic E-state index is -0.291. The fourth-order valence-electron chi connectivity index (χ4n) is 3.55. The summed E-state index contributed by atoms with van der Waals surface area (Å²) in [5.74, 6) is 0.716. The molecule has 0 aliphatic rings. The summed E-state index contributed by atoms with van der Waals surface area (Å²) < 4.78 is 0. The van der Waals surface area contributed by atoms with Gasteiger partial charge in [-0.25, -0.2) is 14.8 Å². The summed E-state index contributed by atoms with van der Waals surface area (Å²) >= 11 is 0. The normalized spacial score (nSPS) is 10.6. The van der Waals surface area contributed by atoms with Crippen molar-refractivity contribution in [3.8, 4) is 0 Å². The summed E-state index contributed by atoms with van der Waals surface area (Å²) in [4.78, 5) is 21.3. The van der Waals surface area contributed by atoms with Gasteiger partial charge in [0, 0.05) is 22.4 Å². The highest BCUT2D eigenvalue weighted by Crippen LogP contribution is 2.26. The van der Waals surface area contributed by atoms with E-state index in [0.29, 0.717) is 11.5 Å². The van der Waals surface area contributed by atoms with Crippen LogP contribution < -0.4 is 16.0 Å². The van der Waals surface area contributed by atoms with Crippen LogP contribution >= 0.6 is 0 Å². The number of fused-ring (bicyclic) bond motifs is 1. The summed E-state index contributed by atoms with van der Waals surface area (Å²) in [6.07, 6.45) is 1.51. The zero-order valence-corrected chi connectivity index (χ0v) is 17.2. The van der Waals surface area contributed by atoms with Gasteiger partial charge >= 0.3 is 6.03 Å². The van der Waals surface area contributed by atoms with E-state index in [1.165, 1.54) is 11.9 Å². The molecule has 1 heterocycles. The van der Waals surface area contributed by atoms with Crippen molar-refractivity contribution in [1.29, 1.82) is 0 Å². The number of benzene rings is 3. The van der Waals surface area contributed by atoms with Gasteiger partial charge in [-0.15, -0.1) is 0 Å². The Morgan fingerprint density at radius 2 is 1.53 bits per heavy atom. The van der Waals surface area contributed by atoms with Crippen molar-refractivity contribution in [3.63, 3.8) is 0 Å². The van der Waals surface area contributed by atoms with Gasteiger partial charge in [-0.1, -0.05) is 35.9 Å². The van der Waals surface area contributed by atoms with E-state index in [4.69, 9.17) is 0 Å². The van der Waals surface area contributed by atoms with Crippen LogP contribution in [0.25, 0.3) is 10.9 Å². The molecule has 4 rings (SSSR count). The van der Waals surface area contributed by atoms with Crippen LogP contribution in [0.4, 0.5) is 27.7 Å². The molecule has 2 amide bonds. The molecule has 0 fully saturated rings. The van der Waals surface area contributed by atoms with Gasteiger partial charge < -0.3 is 16.0 Å². The molecule has 3 aromatic carbocycles. The van der Waals surface area contributed by atoms with E-state index in [-0.39, 0.29) is 6.03 Å². The summed E-state index contributed by atoms with van der Waals surface area (Å²) in [6, 6.07) is 19.2. The number of urea groups is 1. The molecule has 0 saturated heterocycles. The van der Waals surface area contributed by atoms with Crippen LogP contribution in [0.2, 0.25) is 0 Å². The SMILES string of the molecule is Cc1cc(C)c(NC(=O)Nc2ccc3c(Nc4ccccc4)ncnc3c2)c(C)c1. The molecule has 0 saturated carbocycles. The van der Waals surface area contributed by atoms with E-state index in [9.17, 15) is 4.79 Å². The Bertz CT molecular complexity index is 1200. The van der Waals surface area contributed by atoms with Gasteiger partial charge in [0.25, 0.3) is 0 Å². The molecule has 150 valence electrons. The fraction of sp³-hybridized carbons (Fsp3) is 0.125. The lowest BCUT2D eigenvalue weighted by atomic mass is 10.1. The number of para-hydroxylation sites is 1. The van der Waals surface area contributed by atoms with Crippen molar-refractivity contribution in [1.82, 2.24) is 9.97 Å². The zero-order chi connectivity index (χ0) is 21.1. The number of carbonyl (C=O) groups is 1. The van der Waals surface area contributed by atoms with Crippen molar-refractivity contribution in [2.75, 3.05) is 16.0 Å². The number of anilines is 4. The first kappa shape index (κ1) is 19.4. The van der Waals surface area contributed by atoms with Gasteiger partial charge in [0.05, 0.1) is 5.52 Å². The number of rotatable bonds is 4. The number of nitrogens with one attached hydrogen (secondary N) is 3. The van der Waals surface area contributed by atoms with Gasteiger partial charge in [-0.3, -0.25) is 0 Å². The fourth-order valence-corrected chi connectivity index (χ4v) is 3.55. The third kappa shape index (κ3) is 4.22. The van der Waals surface area contributed by atoms with E-state index in [1.807, 2.05) is 69.3 Å². The van der Waals surface area contributed by atoms with Gasteiger partial charge in [-0.05, 0) is 62.2 Å². The topological polar surface area (TPSA) is 78.9 Å². The predicted octanol–water partition coefficient (Wildman–Crippen LogP) is 5.94. The summed E-state index contributed by atoms with van der Waals surface area (Å²) in [5.41, 5.74) is 6.41. The second kappa shape index (κ2) is 8.21. The molecule has 0 radical (unpaired) electrons. The van der Waals surface area contributed by atoms with Gasteiger partial charge in [-0.2, -0.15) is 0 Å². The Morgan fingerprint density at radius 1 is 0.800 bits per heavy atom. The van der Waals surface area contributed by atoms with Crippen molar-refractivity contribution in [2.24, 2.45) is 0 Å². The average Bonchev–Trinajstić information content (AvgIpc) is 2.71. The van der Waals surface area contributed by atoms with Gasteiger partial charge in [0.15, 0.2) is 0 Å². The molecule has 0 unspecified atom stereocenters. The average molecular weight is 397 g/mol. The standard InChI is InChI=1S/C24H23N5O/c1-15-11-16(2)22(17(3)12-15)29-24(30)28-19-9-10-20-21(13-19)25-14-26-23(20)27-18-7-5-4-6-8-18/h4-14H,1-3H3,(H,25,26,27)(H2,28,29,30). The molecule has 0 atom stereocenters. The van der Waals surface area contributed by atoms with Crippen molar-refractivity contribution >= 4 is 39.8 Å². The highest BCUT2D eigenvalue weighted by Gasteiger charge is 2.10. The molecule has 0 aliphatic heterocycles. The van der Waals surface area contributed by atoms with Crippen molar-refractivity contribution in [2.45, 2.75) is 20.8 Å². The quantitative estimate of drug-likeness (QED) is 0.398. The molecule has 4 aromatic rings. The first-order valence-electron chi connectivity index (χ1n) is 9.72. The maximum Gasteiger partial charge on any atom is 0.323 e. The van der Waals surface area contributed by atoms with Gasteiger partial charge in [0.1, 0.15) is 12.1 Å². The molecule has 0 aliphatic carbocycles. The van der Waals surface area contributed by atoms with Crippen LogP contribution in [-0.2, 0) is 0 Å². The number of amides is 2. The molecular formula is C24H23N5O. The lowest BCUT2D eigenvalue weighted by molar-refractivity contribution is 0.262. The van der Waals surface area contributed by atoms with E-state index in [0.717, 1.165) is 33.4 Å². The zero-order valence-electron chi connectivity index (χ0n) is 17.2. The van der Waals surface area contributed by atoms with Crippen LogP contribution in [0.15, 0.2) is 67.0 Å². The summed E-state index contributed by atoms with van der Waals surface area (Å²) in [5, 5.41) is 10.0. The number of aromatic nitrogens is 2. The van der Waals surface area contributed by atoms with Crippen molar-refractivity contribution < 1.29 is 4.79 Å². The van der Waals surface area contributed by atoms with Gasteiger partial charge in [0.2, 0.25) is 0 Å². The third-order valence-electron chi connectivity index (χ3n) is 4.85. The third-order valence-corrected chi connectivity index (χ3v) is 4.85. The lowest BCUT2D eigenvalue weighted by Crippen LogP contribution is -2.20. The first-order chi connectivity index (χ1) is 14.5. The number of nitrogens with zero attached hydrogens (tertiary/aromatic N) is 2. The van der Waals surface area contributed by atoms with E-state index in [1.54, 1.807) is 0 Å². The maximum atomic E-state index is 12.5. The summed E-state index contributed by atoms with van der Waals surface area (Å²) in [6.45, 7) is 6.02. The molecule has 30 heavy (non-hydrogen) atoms. The second-order valence-electron chi connectivity index (χ2n) is 7.30. The van der Waals surface area contributed by atoms with E-state index in [2.05, 4.69) is 38.1 Å². The Kier molecular flexibility index (Phi) is 5.30. The van der Waals surface area contributed by atoms with Crippen molar-refractivity contribution in [3.05, 3.63) is 83.7 Å². The smallest absolute Gasteiger partial charge is 0.323 e. The molecule has 0 bridgehead atoms. The molecule has 0 spiro atoms. The highest BCUT2D eigenvalue weighted by atomic mass is 16.2. The number of aryl methyl sites for hydroxylation is 3.